The van der Waals surface area contributed by atoms with E-state index in [1.807, 2.05) is 0 Å². The van der Waals surface area contributed by atoms with E-state index in [9.17, 15) is 18.7 Å². The molecule has 0 saturated carbocycles. The summed E-state index contributed by atoms with van der Waals surface area (Å²) in [6.07, 6.45) is 0. The van der Waals surface area contributed by atoms with Crippen molar-refractivity contribution in [3.63, 3.8) is 0 Å². The number of nitrogens with two attached hydrogens (primary N) is 1. The van der Waals surface area contributed by atoms with Crippen molar-refractivity contribution >= 4 is 22.6 Å². The number of nitrogens with zero attached hydrogens (tertiary/aromatic N) is 1. The van der Waals surface area contributed by atoms with Gasteiger partial charge in [-0.2, -0.15) is 0 Å². The number of rotatable bonds is 2. The largest absolute Gasteiger partial charge is 0.508 e. The monoisotopic (exact) mass is 316 g/mol. The summed E-state index contributed by atoms with van der Waals surface area (Å²) in [6, 6.07) is 8.35. The predicted octanol–water partition coefficient (Wildman–Crippen LogP) is 2.75. The zero-order chi connectivity index (χ0) is 16.6. The normalized spacial score (nSPS) is 11.8. The lowest BCUT2D eigenvalue weighted by Crippen LogP contribution is -2.21. The van der Waals surface area contributed by atoms with Crippen molar-refractivity contribution in [3.05, 3.63) is 65.2 Å². The highest BCUT2D eigenvalue weighted by atomic mass is 19.1. The van der Waals surface area contributed by atoms with Crippen LogP contribution in [0.15, 0.2) is 51.9 Å². The number of carbonyl (C=O) groups is 1. The number of carbonyl (C=O) groups excluding carboxylic acids is 1. The maximum absolute atomic E-state index is 13.7. The van der Waals surface area contributed by atoms with E-state index in [0.29, 0.717) is 5.39 Å². The van der Waals surface area contributed by atoms with Gasteiger partial charge in [0.25, 0.3) is 5.91 Å². The van der Waals surface area contributed by atoms with Gasteiger partial charge in [0.1, 0.15) is 34.2 Å². The molecule has 0 atom stereocenters. The number of halogens is 2. The summed E-state index contributed by atoms with van der Waals surface area (Å²) in [7, 11) is 0. The average Bonchev–Trinajstić information content (AvgIpc) is 2.50. The molecular formula is C16H10F2N2O3. The number of primary amides is 1. The maximum atomic E-state index is 13.7. The van der Waals surface area contributed by atoms with Crippen LogP contribution < -0.4 is 11.3 Å². The third-order valence-corrected chi connectivity index (χ3v) is 3.13. The molecule has 0 aliphatic rings. The maximum Gasteiger partial charge on any atom is 0.254 e. The van der Waals surface area contributed by atoms with Crippen molar-refractivity contribution in [1.82, 2.24) is 0 Å². The molecule has 0 aliphatic heterocycles. The molecule has 1 aromatic heterocycles. The van der Waals surface area contributed by atoms with Crippen LogP contribution in [0.2, 0.25) is 0 Å². The average molecular weight is 316 g/mol. The number of benzene rings is 2. The van der Waals surface area contributed by atoms with Crippen LogP contribution in [0.5, 0.6) is 5.75 Å². The van der Waals surface area contributed by atoms with Gasteiger partial charge in [-0.05, 0) is 30.3 Å². The zero-order valence-electron chi connectivity index (χ0n) is 11.6. The lowest BCUT2D eigenvalue weighted by Gasteiger charge is -2.03. The second-order valence-electron chi connectivity index (χ2n) is 4.76. The molecule has 1 heterocycles. The number of aromatic hydroxyl groups is 1. The Labute approximate surface area is 128 Å². The molecule has 116 valence electrons. The molecule has 3 rings (SSSR count). The van der Waals surface area contributed by atoms with Crippen LogP contribution in [-0.2, 0) is 0 Å². The van der Waals surface area contributed by atoms with Gasteiger partial charge in [-0.1, -0.05) is 0 Å². The van der Waals surface area contributed by atoms with Crippen molar-refractivity contribution in [1.29, 1.82) is 0 Å². The Bertz CT molecular complexity index is 996. The quantitative estimate of drug-likeness (QED) is 0.762. The fourth-order valence-corrected chi connectivity index (χ4v) is 2.05. The topological polar surface area (TPSA) is 88.8 Å². The summed E-state index contributed by atoms with van der Waals surface area (Å²) in [5, 5.41) is 9.97. The van der Waals surface area contributed by atoms with Crippen molar-refractivity contribution in [2.75, 3.05) is 0 Å². The van der Waals surface area contributed by atoms with Gasteiger partial charge in [0, 0.05) is 17.5 Å². The second kappa shape index (κ2) is 5.53. The molecule has 0 aliphatic carbocycles. The molecule has 0 radical (unpaired) electrons. The first-order valence-electron chi connectivity index (χ1n) is 6.50. The number of phenolic OH excluding ortho intramolecular Hbond substituents is 1. The summed E-state index contributed by atoms with van der Waals surface area (Å²) in [5.41, 5.74) is 4.79. The number of hydrogen-bond donors (Lipinski definition) is 2. The summed E-state index contributed by atoms with van der Waals surface area (Å²) in [6.45, 7) is 0. The SMILES string of the molecule is NC(=O)c1cc2ccc(O)cc2oc1=Nc1cc(F)ccc1F. The minimum Gasteiger partial charge on any atom is -0.508 e. The van der Waals surface area contributed by atoms with E-state index < -0.39 is 17.5 Å². The van der Waals surface area contributed by atoms with Crippen LogP contribution in [-0.4, -0.2) is 11.0 Å². The van der Waals surface area contributed by atoms with Gasteiger partial charge in [0.05, 0.1) is 0 Å². The first-order valence-corrected chi connectivity index (χ1v) is 6.50. The second-order valence-corrected chi connectivity index (χ2v) is 4.76. The third-order valence-electron chi connectivity index (χ3n) is 3.13. The van der Waals surface area contributed by atoms with Crippen molar-refractivity contribution in [3.8, 4) is 5.75 Å². The van der Waals surface area contributed by atoms with Gasteiger partial charge in [-0.15, -0.1) is 0 Å². The molecule has 2 aromatic carbocycles. The van der Waals surface area contributed by atoms with E-state index >= 15 is 0 Å². The lowest BCUT2D eigenvalue weighted by atomic mass is 10.1. The molecular weight excluding hydrogens is 306 g/mol. The molecule has 3 N–H and O–H groups in total. The third kappa shape index (κ3) is 2.89. The van der Waals surface area contributed by atoms with Crippen LogP contribution in [0, 0.1) is 11.6 Å². The van der Waals surface area contributed by atoms with Crippen LogP contribution in [0.3, 0.4) is 0 Å². The van der Waals surface area contributed by atoms with Crippen molar-refractivity contribution < 1.29 is 23.1 Å². The van der Waals surface area contributed by atoms with Crippen LogP contribution in [0.1, 0.15) is 10.4 Å². The Kier molecular flexibility index (Phi) is 3.53. The summed E-state index contributed by atoms with van der Waals surface area (Å²) in [5.74, 6) is -2.37. The molecule has 7 heteroatoms. The van der Waals surface area contributed by atoms with Crippen molar-refractivity contribution in [2.24, 2.45) is 10.7 Å². The number of phenols is 1. The molecule has 0 unspecified atom stereocenters. The van der Waals surface area contributed by atoms with Gasteiger partial charge in [0.2, 0.25) is 5.55 Å². The Morgan fingerprint density at radius 3 is 2.65 bits per heavy atom. The van der Waals surface area contributed by atoms with E-state index in [-0.39, 0.29) is 28.1 Å². The minimum absolute atomic E-state index is 0.0593. The summed E-state index contributed by atoms with van der Waals surface area (Å²) in [4.78, 5) is 15.4. The Hall–Kier alpha value is -3.22. The Balaban J connectivity index is 2.33. The van der Waals surface area contributed by atoms with E-state index in [0.717, 1.165) is 18.2 Å². The van der Waals surface area contributed by atoms with Gasteiger partial charge in [-0.25, -0.2) is 13.8 Å². The van der Waals surface area contributed by atoms with E-state index in [2.05, 4.69) is 4.99 Å². The fraction of sp³-hybridized carbons (Fsp3) is 0. The van der Waals surface area contributed by atoms with E-state index in [1.54, 1.807) is 0 Å². The molecule has 3 aromatic rings. The number of fused-ring (bicyclic) bond motifs is 1. The van der Waals surface area contributed by atoms with Crippen LogP contribution in [0.25, 0.3) is 11.0 Å². The number of hydrogen-bond acceptors (Lipinski definition) is 4. The molecule has 0 bridgehead atoms. The summed E-state index contributed by atoms with van der Waals surface area (Å²) < 4.78 is 32.4. The van der Waals surface area contributed by atoms with Gasteiger partial charge < -0.3 is 15.3 Å². The first-order chi connectivity index (χ1) is 10.9. The zero-order valence-corrected chi connectivity index (χ0v) is 11.6. The molecule has 23 heavy (non-hydrogen) atoms. The summed E-state index contributed by atoms with van der Waals surface area (Å²) >= 11 is 0. The first kappa shape index (κ1) is 14.7. The van der Waals surface area contributed by atoms with Gasteiger partial charge in [-0.3, -0.25) is 4.79 Å². The molecule has 1 amide bonds. The Morgan fingerprint density at radius 1 is 1.13 bits per heavy atom. The van der Waals surface area contributed by atoms with Gasteiger partial charge >= 0.3 is 0 Å². The highest BCUT2D eigenvalue weighted by molar-refractivity contribution is 5.95. The van der Waals surface area contributed by atoms with Gasteiger partial charge in [0.15, 0.2) is 0 Å². The highest BCUT2D eigenvalue weighted by Crippen LogP contribution is 2.21. The van der Waals surface area contributed by atoms with E-state index in [1.165, 1.54) is 24.3 Å². The minimum atomic E-state index is -0.834. The predicted molar refractivity (Wildman–Crippen MR) is 78.0 cm³/mol. The fourth-order valence-electron chi connectivity index (χ4n) is 2.05. The van der Waals surface area contributed by atoms with E-state index in [4.69, 9.17) is 10.2 Å². The van der Waals surface area contributed by atoms with Crippen molar-refractivity contribution in [2.45, 2.75) is 0 Å². The standard InChI is InChI=1S/C16H10F2N2O3/c17-9-2-4-12(18)13(6-9)20-16-11(15(19)22)5-8-1-3-10(21)7-14(8)23-16/h1-7,21H,(H2,19,22). The molecule has 0 spiro atoms. The smallest absolute Gasteiger partial charge is 0.254 e. The number of amides is 1. The molecule has 5 nitrogen and oxygen atoms in total. The van der Waals surface area contributed by atoms with Crippen LogP contribution in [0.4, 0.5) is 14.5 Å². The molecule has 0 fully saturated rings. The lowest BCUT2D eigenvalue weighted by molar-refractivity contribution is 0.0996. The van der Waals surface area contributed by atoms with Crippen LogP contribution >= 0.6 is 0 Å². The molecule has 0 saturated heterocycles. The highest BCUT2D eigenvalue weighted by Gasteiger charge is 2.11. The Morgan fingerprint density at radius 2 is 1.91 bits per heavy atom.